The fourth-order valence-corrected chi connectivity index (χ4v) is 4.30. The van der Waals surface area contributed by atoms with Crippen LogP contribution in [-0.4, -0.2) is 61.9 Å². The number of sulfonamides is 1. The first-order valence-electron chi connectivity index (χ1n) is 9.49. The third-order valence-corrected chi connectivity index (χ3v) is 6.69. The smallest absolute Gasteiger partial charge is 0.356 e. The SMILES string of the molecule is CN=C(NCC(c1cccnc1)C(C)C)NC1CCN(S(=O)(=O)C(F)(F)F)CC1. The summed E-state index contributed by atoms with van der Waals surface area (Å²) >= 11 is 0. The number of rotatable bonds is 6. The van der Waals surface area contributed by atoms with Crippen molar-refractivity contribution in [3.8, 4) is 0 Å². The average Bonchev–Trinajstić information content (AvgIpc) is 2.67. The summed E-state index contributed by atoms with van der Waals surface area (Å²) in [5.41, 5.74) is -4.15. The highest BCUT2D eigenvalue weighted by Gasteiger charge is 2.50. The summed E-state index contributed by atoms with van der Waals surface area (Å²) in [6.07, 6.45) is 4.10. The predicted molar refractivity (Wildman–Crippen MR) is 106 cm³/mol. The fourth-order valence-electron chi connectivity index (χ4n) is 3.32. The Balaban J connectivity index is 1.90. The van der Waals surface area contributed by atoms with Crippen LogP contribution in [0.3, 0.4) is 0 Å². The third kappa shape index (κ3) is 6.05. The average molecular weight is 436 g/mol. The Morgan fingerprint density at radius 3 is 2.48 bits per heavy atom. The van der Waals surface area contributed by atoms with Crippen molar-refractivity contribution in [1.29, 1.82) is 0 Å². The molecule has 1 aliphatic heterocycles. The molecule has 164 valence electrons. The van der Waals surface area contributed by atoms with Crippen molar-refractivity contribution in [3.63, 3.8) is 0 Å². The van der Waals surface area contributed by atoms with Crippen LogP contribution in [-0.2, 0) is 10.0 Å². The second kappa shape index (κ2) is 9.75. The lowest BCUT2D eigenvalue weighted by molar-refractivity contribution is -0.0494. The standard InChI is InChI=1S/C18H28F3N5O2S/c1-13(2)16(14-5-4-8-23-11-14)12-24-17(22-3)25-15-6-9-26(10-7-15)29(27,28)18(19,20)21/h4-5,8,11,13,15-16H,6-7,9-10,12H2,1-3H3,(H2,22,24,25). The molecule has 1 aromatic rings. The normalized spacial score (nSPS) is 18.7. The number of nitrogens with zero attached hydrogens (tertiary/aromatic N) is 3. The number of halogens is 3. The molecule has 0 spiro atoms. The number of aromatic nitrogens is 1. The van der Waals surface area contributed by atoms with Crippen LogP contribution in [0.25, 0.3) is 0 Å². The lowest BCUT2D eigenvalue weighted by Gasteiger charge is -2.33. The Morgan fingerprint density at radius 1 is 1.34 bits per heavy atom. The first-order chi connectivity index (χ1) is 13.6. The fraction of sp³-hybridized carbons (Fsp3) is 0.667. The van der Waals surface area contributed by atoms with Crippen LogP contribution in [0.1, 0.15) is 38.2 Å². The van der Waals surface area contributed by atoms with Crippen molar-refractivity contribution < 1.29 is 21.6 Å². The van der Waals surface area contributed by atoms with Gasteiger partial charge in [-0.2, -0.15) is 17.5 Å². The molecule has 2 N–H and O–H groups in total. The second-order valence-corrected chi connectivity index (χ2v) is 9.29. The summed E-state index contributed by atoms with van der Waals surface area (Å²) in [7, 11) is -3.65. The molecule has 0 aromatic carbocycles. The third-order valence-electron chi connectivity index (χ3n) is 5.06. The molecular weight excluding hydrogens is 407 g/mol. The van der Waals surface area contributed by atoms with Gasteiger partial charge in [-0.1, -0.05) is 19.9 Å². The molecule has 1 aromatic heterocycles. The largest absolute Gasteiger partial charge is 0.511 e. The maximum atomic E-state index is 12.7. The molecule has 1 saturated heterocycles. The molecule has 0 saturated carbocycles. The Morgan fingerprint density at radius 2 is 2.00 bits per heavy atom. The predicted octanol–water partition coefficient (Wildman–Crippen LogP) is 2.30. The molecule has 1 fully saturated rings. The second-order valence-electron chi connectivity index (χ2n) is 7.36. The first kappa shape index (κ1) is 23.4. The van der Waals surface area contributed by atoms with E-state index in [-0.39, 0.29) is 37.9 Å². The van der Waals surface area contributed by atoms with Crippen LogP contribution in [0, 0.1) is 5.92 Å². The van der Waals surface area contributed by atoms with Gasteiger partial charge in [0.25, 0.3) is 0 Å². The maximum Gasteiger partial charge on any atom is 0.511 e. The summed E-state index contributed by atoms with van der Waals surface area (Å²) in [4.78, 5) is 8.35. The monoisotopic (exact) mass is 435 g/mol. The molecule has 0 aliphatic carbocycles. The van der Waals surface area contributed by atoms with Gasteiger partial charge in [0, 0.05) is 51.0 Å². The highest BCUT2D eigenvalue weighted by Crippen LogP contribution is 2.29. The van der Waals surface area contributed by atoms with E-state index in [4.69, 9.17) is 0 Å². The Bertz CT molecular complexity index is 776. The van der Waals surface area contributed by atoms with Crippen molar-refractivity contribution in [3.05, 3.63) is 30.1 Å². The number of alkyl halides is 3. The molecule has 0 radical (unpaired) electrons. The van der Waals surface area contributed by atoms with Crippen LogP contribution in [0.4, 0.5) is 13.2 Å². The van der Waals surface area contributed by atoms with Crippen molar-refractivity contribution in [1.82, 2.24) is 19.9 Å². The molecule has 1 unspecified atom stereocenters. The van der Waals surface area contributed by atoms with Crippen molar-refractivity contribution in [2.45, 2.75) is 44.2 Å². The van der Waals surface area contributed by atoms with Gasteiger partial charge in [0.1, 0.15) is 0 Å². The number of piperidine rings is 1. The summed E-state index contributed by atoms with van der Waals surface area (Å²) < 4.78 is 61.6. The minimum Gasteiger partial charge on any atom is -0.356 e. The van der Waals surface area contributed by atoms with E-state index in [1.54, 1.807) is 13.2 Å². The molecule has 7 nitrogen and oxygen atoms in total. The van der Waals surface area contributed by atoms with E-state index in [0.717, 1.165) is 5.56 Å². The van der Waals surface area contributed by atoms with Gasteiger partial charge in [-0.15, -0.1) is 0 Å². The van der Waals surface area contributed by atoms with Gasteiger partial charge in [0.2, 0.25) is 0 Å². The van der Waals surface area contributed by atoms with Gasteiger partial charge in [0.15, 0.2) is 5.96 Å². The van der Waals surface area contributed by atoms with E-state index in [1.165, 1.54) is 0 Å². The highest BCUT2D eigenvalue weighted by molar-refractivity contribution is 7.90. The number of hydrogen-bond donors (Lipinski definition) is 2. The van der Waals surface area contributed by atoms with E-state index < -0.39 is 15.5 Å². The van der Waals surface area contributed by atoms with Gasteiger partial charge >= 0.3 is 15.5 Å². The zero-order valence-electron chi connectivity index (χ0n) is 16.8. The molecule has 0 amide bonds. The zero-order chi connectivity index (χ0) is 21.7. The van der Waals surface area contributed by atoms with Crippen LogP contribution in [0.2, 0.25) is 0 Å². The minimum atomic E-state index is -5.26. The molecule has 2 rings (SSSR count). The van der Waals surface area contributed by atoms with E-state index in [1.807, 2.05) is 18.3 Å². The number of pyridine rings is 1. The van der Waals surface area contributed by atoms with E-state index in [2.05, 4.69) is 34.5 Å². The van der Waals surface area contributed by atoms with Crippen LogP contribution in [0.5, 0.6) is 0 Å². The molecule has 2 heterocycles. The van der Waals surface area contributed by atoms with Crippen LogP contribution >= 0.6 is 0 Å². The number of nitrogens with one attached hydrogen (secondary N) is 2. The molecule has 1 atom stereocenters. The quantitative estimate of drug-likeness (QED) is 0.529. The number of hydrogen-bond acceptors (Lipinski definition) is 4. The number of guanidine groups is 1. The lowest BCUT2D eigenvalue weighted by atomic mass is 9.89. The zero-order valence-corrected chi connectivity index (χ0v) is 17.6. The molecule has 1 aliphatic rings. The summed E-state index contributed by atoms with van der Waals surface area (Å²) in [5.74, 6) is 1.11. The maximum absolute atomic E-state index is 12.7. The van der Waals surface area contributed by atoms with Crippen molar-refractivity contribution in [2.75, 3.05) is 26.7 Å². The van der Waals surface area contributed by atoms with Gasteiger partial charge in [0.05, 0.1) is 0 Å². The molecule has 0 bridgehead atoms. The Hall–Kier alpha value is -1.88. The Labute approximate surface area is 169 Å². The minimum absolute atomic E-state index is 0.156. The van der Waals surface area contributed by atoms with E-state index in [0.29, 0.717) is 22.7 Å². The summed E-state index contributed by atoms with van der Waals surface area (Å²) in [5, 5.41) is 6.44. The van der Waals surface area contributed by atoms with E-state index in [9.17, 15) is 21.6 Å². The molecule has 29 heavy (non-hydrogen) atoms. The van der Waals surface area contributed by atoms with Crippen molar-refractivity contribution >= 4 is 16.0 Å². The molecule has 11 heteroatoms. The van der Waals surface area contributed by atoms with Gasteiger partial charge in [-0.3, -0.25) is 9.98 Å². The van der Waals surface area contributed by atoms with Gasteiger partial charge in [-0.05, 0) is 30.4 Å². The Kier molecular flexibility index (Phi) is 7.87. The summed E-state index contributed by atoms with van der Waals surface area (Å²) in [6.45, 7) is 4.49. The topological polar surface area (TPSA) is 86.7 Å². The van der Waals surface area contributed by atoms with Crippen LogP contribution < -0.4 is 10.6 Å². The van der Waals surface area contributed by atoms with Gasteiger partial charge in [-0.25, -0.2) is 8.42 Å². The molecular formula is C18H28F3N5O2S. The van der Waals surface area contributed by atoms with E-state index >= 15 is 0 Å². The van der Waals surface area contributed by atoms with Crippen LogP contribution in [0.15, 0.2) is 29.5 Å². The lowest BCUT2D eigenvalue weighted by Crippen LogP contribution is -2.52. The number of aliphatic imine (C=N–C) groups is 1. The van der Waals surface area contributed by atoms with Gasteiger partial charge < -0.3 is 10.6 Å². The highest BCUT2D eigenvalue weighted by atomic mass is 32.2. The summed E-state index contributed by atoms with van der Waals surface area (Å²) in [6, 6.07) is 3.75. The first-order valence-corrected chi connectivity index (χ1v) is 10.9. The van der Waals surface area contributed by atoms with Crippen molar-refractivity contribution in [2.24, 2.45) is 10.9 Å².